The van der Waals surface area contributed by atoms with Crippen LogP contribution >= 0.6 is 0 Å². The second kappa shape index (κ2) is 9.71. The average molecular weight is 402 g/mol. The van der Waals surface area contributed by atoms with Crippen LogP contribution in [-0.2, 0) is 0 Å². The molecule has 7 heteroatoms. The lowest BCUT2D eigenvalue weighted by Crippen LogP contribution is -2.45. The molecule has 2 aromatic carbocycles. The number of hydrogen-bond donors (Lipinski definition) is 1. The van der Waals surface area contributed by atoms with Gasteiger partial charge in [-0.05, 0) is 12.1 Å². The standard InChI is InChI=1S/C22H30N2O5/c1-25-17-8-6-7-15(22(17)29-5)21(24-11-9-23-10-12-24)16-13-19(27-3)20(28-4)14-18(16)26-2/h6-8,13-14,21,23H,9-12H2,1-5H3. The molecule has 0 radical (unpaired) electrons. The monoisotopic (exact) mass is 402 g/mol. The zero-order chi connectivity index (χ0) is 20.8. The van der Waals surface area contributed by atoms with E-state index in [1.807, 2.05) is 24.3 Å². The van der Waals surface area contributed by atoms with Crippen molar-refractivity contribution in [2.45, 2.75) is 6.04 Å². The Hall–Kier alpha value is -2.64. The molecule has 0 bridgehead atoms. The van der Waals surface area contributed by atoms with Crippen molar-refractivity contribution in [2.75, 3.05) is 61.7 Å². The lowest BCUT2D eigenvalue weighted by molar-refractivity contribution is 0.191. The highest BCUT2D eigenvalue weighted by molar-refractivity contribution is 5.57. The SMILES string of the molecule is COc1cc(OC)c(C(c2cccc(OC)c2OC)N2CCNCC2)cc1OC. The van der Waals surface area contributed by atoms with Crippen LogP contribution in [0.4, 0.5) is 0 Å². The van der Waals surface area contributed by atoms with Crippen molar-refractivity contribution < 1.29 is 23.7 Å². The summed E-state index contributed by atoms with van der Waals surface area (Å²) in [5.41, 5.74) is 2.00. The molecule has 158 valence electrons. The van der Waals surface area contributed by atoms with Gasteiger partial charge in [0.1, 0.15) is 5.75 Å². The summed E-state index contributed by atoms with van der Waals surface area (Å²) in [7, 11) is 8.25. The van der Waals surface area contributed by atoms with Crippen molar-refractivity contribution in [1.29, 1.82) is 0 Å². The van der Waals surface area contributed by atoms with E-state index in [4.69, 9.17) is 23.7 Å². The largest absolute Gasteiger partial charge is 0.496 e. The second-order valence-corrected chi connectivity index (χ2v) is 6.72. The smallest absolute Gasteiger partial charge is 0.165 e. The van der Waals surface area contributed by atoms with Crippen LogP contribution in [0.1, 0.15) is 17.2 Å². The maximum absolute atomic E-state index is 5.77. The van der Waals surface area contributed by atoms with Crippen LogP contribution in [-0.4, -0.2) is 66.6 Å². The number of hydrogen-bond acceptors (Lipinski definition) is 7. The zero-order valence-electron chi connectivity index (χ0n) is 17.8. The van der Waals surface area contributed by atoms with Crippen molar-refractivity contribution in [3.8, 4) is 28.7 Å². The second-order valence-electron chi connectivity index (χ2n) is 6.72. The van der Waals surface area contributed by atoms with E-state index < -0.39 is 0 Å². The van der Waals surface area contributed by atoms with E-state index in [1.54, 1.807) is 35.5 Å². The van der Waals surface area contributed by atoms with Gasteiger partial charge in [0, 0.05) is 43.4 Å². The van der Waals surface area contributed by atoms with Crippen LogP contribution < -0.4 is 29.0 Å². The highest BCUT2D eigenvalue weighted by Crippen LogP contribution is 2.45. The molecule has 0 spiro atoms. The summed E-state index contributed by atoms with van der Waals surface area (Å²) in [6, 6.07) is 9.72. The Balaban J connectivity index is 2.23. The molecule has 0 saturated carbocycles. The van der Waals surface area contributed by atoms with Gasteiger partial charge in [-0.2, -0.15) is 0 Å². The van der Waals surface area contributed by atoms with Gasteiger partial charge in [-0.25, -0.2) is 0 Å². The fraction of sp³-hybridized carbons (Fsp3) is 0.455. The third-order valence-electron chi connectivity index (χ3n) is 5.28. The molecule has 1 fully saturated rings. The first-order chi connectivity index (χ1) is 14.2. The molecule has 1 unspecified atom stereocenters. The molecule has 7 nitrogen and oxygen atoms in total. The van der Waals surface area contributed by atoms with Crippen molar-refractivity contribution in [1.82, 2.24) is 10.2 Å². The molecule has 1 saturated heterocycles. The molecule has 0 aromatic heterocycles. The molecule has 0 aliphatic carbocycles. The quantitative estimate of drug-likeness (QED) is 0.728. The molecule has 3 rings (SSSR count). The summed E-state index contributed by atoms with van der Waals surface area (Å²) in [6.07, 6.45) is 0. The van der Waals surface area contributed by atoms with Gasteiger partial charge < -0.3 is 29.0 Å². The van der Waals surface area contributed by atoms with Crippen LogP contribution in [0.25, 0.3) is 0 Å². The fourth-order valence-corrected chi connectivity index (χ4v) is 3.90. The highest BCUT2D eigenvalue weighted by atomic mass is 16.5. The Kier molecular flexibility index (Phi) is 7.06. The first kappa shape index (κ1) is 21.1. The summed E-state index contributed by atoms with van der Waals surface area (Å²) in [6.45, 7) is 3.61. The molecule has 1 aliphatic rings. The first-order valence-corrected chi connectivity index (χ1v) is 9.64. The number of nitrogens with zero attached hydrogens (tertiary/aromatic N) is 1. The molecule has 1 N–H and O–H groups in total. The lowest BCUT2D eigenvalue weighted by Gasteiger charge is -2.37. The summed E-state index contributed by atoms with van der Waals surface area (Å²) in [5, 5.41) is 3.42. The molecule has 1 heterocycles. The molecule has 1 atom stereocenters. The van der Waals surface area contributed by atoms with Crippen LogP contribution in [0.2, 0.25) is 0 Å². The third kappa shape index (κ3) is 4.21. The highest BCUT2D eigenvalue weighted by Gasteiger charge is 2.31. The molecule has 29 heavy (non-hydrogen) atoms. The number of nitrogens with one attached hydrogen (secondary N) is 1. The first-order valence-electron chi connectivity index (χ1n) is 9.64. The van der Waals surface area contributed by atoms with E-state index in [2.05, 4.69) is 16.3 Å². The number of benzene rings is 2. The van der Waals surface area contributed by atoms with E-state index >= 15 is 0 Å². The molecular formula is C22H30N2O5. The van der Waals surface area contributed by atoms with Gasteiger partial charge in [-0.3, -0.25) is 4.90 Å². The van der Waals surface area contributed by atoms with Gasteiger partial charge in [0.15, 0.2) is 23.0 Å². The van der Waals surface area contributed by atoms with E-state index in [1.165, 1.54) is 0 Å². The van der Waals surface area contributed by atoms with E-state index in [0.717, 1.165) is 48.8 Å². The number of rotatable bonds is 8. The predicted octanol–water partition coefficient (Wildman–Crippen LogP) is 2.72. The summed E-state index contributed by atoms with van der Waals surface area (Å²) in [4.78, 5) is 2.41. The summed E-state index contributed by atoms with van der Waals surface area (Å²) < 4.78 is 28.1. The van der Waals surface area contributed by atoms with Gasteiger partial charge in [0.05, 0.1) is 41.6 Å². The molecule has 1 aliphatic heterocycles. The van der Waals surface area contributed by atoms with Gasteiger partial charge >= 0.3 is 0 Å². The minimum atomic E-state index is -0.100. The molecular weight excluding hydrogens is 372 g/mol. The van der Waals surface area contributed by atoms with Crippen LogP contribution in [0.3, 0.4) is 0 Å². The number of piperazine rings is 1. The minimum absolute atomic E-state index is 0.100. The van der Waals surface area contributed by atoms with Crippen LogP contribution in [0.5, 0.6) is 28.7 Å². The fourth-order valence-electron chi connectivity index (χ4n) is 3.90. The topological polar surface area (TPSA) is 61.4 Å². The maximum atomic E-state index is 5.77. The lowest BCUT2D eigenvalue weighted by atomic mass is 9.94. The van der Waals surface area contributed by atoms with Crippen molar-refractivity contribution in [3.05, 3.63) is 41.5 Å². The third-order valence-corrected chi connectivity index (χ3v) is 5.28. The molecule has 2 aromatic rings. The number of ether oxygens (including phenoxy) is 5. The van der Waals surface area contributed by atoms with Crippen molar-refractivity contribution in [3.63, 3.8) is 0 Å². The van der Waals surface area contributed by atoms with Crippen molar-refractivity contribution in [2.24, 2.45) is 0 Å². The van der Waals surface area contributed by atoms with E-state index in [-0.39, 0.29) is 6.04 Å². The molecule has 0 amide bonds. The maximum Gasteiger partial charge on any atom is 0.165 e. The normalized spacial score (nSPS) is 15.5. The van der Waals surface area contributed by atoms with Gasteiger partial charge in [-0.15, -0.1) is 0 Å². The van der Waals surface area contributed by atoms with Crippen LogP contribution in [0, 0.1) is 0 Å². The summed E-state index contributed by atoms with van der Waals surface area (Å²) in [5.74, 6) is 3.44. The number of methoxy groups -OCH3 is 5. The van der Waals surface area contributed by atoms with Gasteiger partial charge in [0.2, 0.25) is 0 Å². The predicted molar refractivity (Wildman–Crippen MR) is 112 cm³/mol. The number of para-hydroxylation sites is 1. The average Bonchev–Trinajstić information content (AvgIpc) is 2.79. The van der Waals surface area contributed by atoms with Gasteiger partial charge in [-0.1, -0.05) is 12.1 Å². The Morgan fingerprint density at radius 2 is 1.34 bits per heavy atom. The van der Waals surface area contributed by atoms with Crippen molar-refractivity contribution >= 4 is 0 Å². The Morgan fingerprint density at radius 1 is 0.724 bits per heavy atom. The Morgan fingerprint density at radius 3 is 1.93 bits per heavy atom. The van der Waals surface area contributed by atoms with Crippen LogP contribution in [0.15, 0.2) is 30.3 Å². The minimum Gasteiger partial charge on any atom is -0.496 e. The Labute approximate surface area is 172 Å². The zero-order valence-corrected chi connectivity index (χ0v) is 17.8. The van der Waals surface area contributed by atoms with E-state index in [0.29, 0.717) is 17.2 Å². The summed E-state index contributed by atoms with van der Waals surface area (Å²) >= 11 is 0. The van der Waals surface area contributed by atoms with Gasteiger partial charge in [0.25, 0.3) is 0 Å². The Bertz CT molecular complexity index is 821. The van der Waals surface area contributed by atoms with E-state index in [9.17, 15) is 0 Å².